The van der Waals surface area contributed by atoms with Gasteiger partial charge in [-0.15, -0.1) is 0 Å². The second-order valence-corrected chi connectivity index (χ2v) is 6.64. The van der Waals surface area contributed by atoms with Crippen LogP contribution in [0.1, 0.15) is 29.7 Å². The fourth-order valence-electron chi connectivity index (χ4n) is 2.33. The van der Waals surface area contributed by atoms with Gasteiger partial charge in [0.05, 0.1) is 22.6 Å². The average Bonchev–Trinajstić information content (AvgIpc) is 2.79. The van der Waals surface area contributed by atoms with E-state index < -0.39 is 10.0 Å². The highest BCUT2D eigenvalue weighted by molar-refractivity contribution is 7.90. The molecule has 3 rings (SSSR count). The van der Waals surface area contributed by atoms with Crippen molar-refractivity contribution in [2.75, 3.05) is 0 Å². The summed E-state index contributed by atoms with van der Waals surface area (Å²) in [5, 5.41) is 8.81. The number of fused-ring (bicyclic) bond motifs is 1. The SMILES string of the molecule is C[C@H](N=C1NS(=O)(=O)c2ccccc21)c1ccc(C#N)cc1. The van der Waals surface area contributed by atoms with Crippen molar-refractivity contribution < 1.29 is 8.42 Å². The first-order valence-electron chi connectivity index (χ1n) is 6.71. The van der Waals surface area contributed by atoms with Crippen molar-refractivity contribution >= 4 is 15.9 Å². The summed E-state index contributed by atoms with van der Waals surface area (Å²) in [4.78, 5) is 4.73. The molecule has 1 aliphatic rings. The van der Waals surface area contributed by atoms with E-state index in [1.54, 1.807) is 36.4 Å². The van der Waals surface area contributed by atoms with Crippen molar-refractivity contribution in [1.29, 1.82) is 5.26 Å². The summed E-state index contributed by atoms with van der Waals surface area (Å²) in [7, 11) is -3.52. The first-order valence-corrected chi connectivity index (χ1v) is 8.19. The van der Waals surface area contributed by atoms with Crippen LogP contribution in [0.25, 0.3) is 0 Å². The Morgan fingerprint density at radius 1 is 1.14 bits per heavy atom. The molecule has 0 unspecified atom stereocenters. The van der Waals surface area contributed by atoms with Crippen LogP contribution >= 0.6 is 0 Å². The highest BCUT2D eigenvalue weighted by Crippen LogP contribution is 2.25. The number of hydrogen-bond acceptors (Lipinski definition) is 4. The largest absolute Gasteiger partial charge is 0.263 e. The Kier molecular flexibility index (Phi) is 3.43. The molecule has 1 heterocycles. The predicted octanol–water partition coefficient (Wildman–Crippen LogP) is 2.36. The van der Waals surface area contributed by atoms with E-state index in [0.717, 1.165) is 5.56 Å². The van der Waals surface area contributed by atoms with Gasteiger partial charge in [0.1, 0.15) is 5.84 Å². The fourth-order valence-corrected chi connectivity index (χ4v) is 3.57. The van der Waals surface area contributed by atoms with E-state index in [-0.39, 0.29) is 10.9 Å². The predicted molar refractivity (Wildman–Crippen MR) is 82.9 cm³/mol. The second kappa shape index (κ2) is 5.28. The highest BCUT2D eigenvalue weighted by atomic mass is 32.2. The van der Waals surface area contributed by atoms with Gasteiger partial charge in [-0.1, -0.05) is 24.3 Å². The maximum atomic E-state index is 12.0. The molecule has 1 aliphatic heterocycles. The quantitative estimate of drug-likeness (QED) is 0.924. The number of sulfonamides is 1. The number of nitriles is 1. The molecular weight excluding hydrogens is 298 g/mol. The highest BCUT2D eigenvalue weighted by Gasteiger charge is 2.30. The van der Waals surface area contributed by atoms with E-state index in [0.29, 0.717) is 17.0 Å². The molecule has 0 spiro atoms. The van der Waals surface area contributed by atoms with Crippen molar-refractivity contribution in [3.8, 4) is 6.07 Å². The lowest BCUT2D eigenvalue weighted by Crippen LogP contribution is -2.22. The van der Waals surface area contributed by atoms with Crippen molar-refractivity contribution in [1.82, 2.24) is 4.72 Å². The van der Waals surface area contributed by atoms with Crippen molar-refractivity contribution in [3.05, 3.63) is 65.2 Å². The number of nitrogens with one attached hydrogen (secondary N) is 1. The average molecular weight is 311 g/mol. The first kappa shape index (κ1) is 14.3. The molecule has 22 heavy (non-hydrogen) atoms. The molecule has 0 fully saturated rings. The van der Waals surface area contributed by atoms with E-state index >= 15 is 0 Å². The minimum Gasteiger partial charge on any atom is -0.263 e. The van der Waals surface area contributed by atoms with Crippen LogP contribution in [0, 0.1) is 11.3 Å². The zero-order valence-corrected chi connectivity index (χ0v) is 12.6. The van der Waals surface area contributed by atoms with Crippen LogP contribution in [-0.4, -0.2) is 14.3 Å². The Morgan fingerprint density at radius 3 is 2.50 bits per heavy atom. The molecule has 0 bridgehead atoms. The Morgan fingerprint density at radius 2 is 1.82 bits per heavy atom. The molecule has 5 nitrogen and oxygen atoms in total. The third-order valence-corrected chi connectivity index (χ3v) is 4.90. The molecule has 0 aliphatic carbocycles. The van der Waals surface area contributed by atoms with E-state index in [1.807, 2.05) is 19.1 Å². The maximum absolute atomic E-state index is 12.0. The van der Waals surface area contributed by atoms with E-state index in [2.05, 4.69) is 15.8 Å². The standard InChI is InChI=1S/C16H13N3O2S/c1-11(13-8-6-12(10-17)7-9-13)18-16-14-4-2-3-5-15(14)22(20,21)19-16/h2-9,11H,1H3,(H,18,19)/t11-/m0/s1. The molecule has 0 aromatic heterocycles. The normalized spacial score (nSPS) is 18.3. The number of hydrogen-bond donors (Lipinski definition) is 1. The molecular formula is C16H13N3O2S. The zero-order valence-electron chi connectivity index (χ0n) is 11.8. The van der Waals surface area contributed by atoms with Gasteiger partial charge in [-0.05, 0) is 36.8 Å². The first-order chi connectivity index (χ1) is 10.5. The van der Waals surface area contributed by atoms with Gasteiger partial charge >= 0.3 is 0 Å². The van der Waals surface area contributed by atoms with Crippen LogP contribution in [0.2, 0.25) is 0 Å². The molecule has 0 amide bonds. The van der Waals surface area contributed by atoms with Crippen molar-refractivity contribution in [2.24, 2.45) is 4.99 Å². The van der Waals surface area contributed by atoms with Gasteiger partial charge in [-0.25, -0.2) is 8.42 Å². The summed E-state index contributed by atoms with van der Waals surface area (Å²) in [6.07, 6.45) is 0. The number of aliphatic imine (C=N–C) groups is 1. The molecule has 1 atom stereocenters. The van der Waals surface area contributed by atoms with Gasteiger partial charge in [0.15, 0.2) is 0 Å². The smallest absolute Gasteiger partial charge is 0.263 e. The molecule has 2 aromatic carbocycles. The minimum absolute atomic E-state index is 0.225. The Bertz CT molecular complexity index is 894. The molecule has 0 saturated carbocycles. The van der Waals surface area contributed by atoms with Gasteiger partial charge in [0.25, 0.3) is 10.0 Å². The van der Waals surface area contributed by atoms with Gasteiger partial charge in [0, 0.05) is 5.56 Å². The summed E-state index contributed by atoms with van der Waals surface area (Å²) in [5.74, 6) is 0.354. The van der Waals surface area contributed by atoms with E-state index in [9.17, 15) is 8.42 Å². The van der Waals surface area contributed by atoms with Crippen LogP contribution in [0.4, 0.5) is 0 Å². The number of rotatable bonds is 2. The Labute approximate surface area is 129 Å². The molecule has 110 valence electrons. The maximum Gasteiger partial charge on any atom is 0.263 e. The monoisotopic (exact) mass is 311 g/mol. The van der Waals surface area contributed by atoms with Gasteiger partial charge < -0.3 is 0 Å². The topological polar surface area (TPSA) is 82.3 Å². The van der Waals surface area contributed by atoms with Gasteiger partial charge in [-0.3, -0.25) is 9.71 Å². The fraction of sp³-hybridized carbons (Fsp3) is 0.125. The number of amidine groups is 1. The number of benzene rings is 2. The van der Waals surface area contributed by atoms with E-state index in [4.69, 9.17) is 5.26 Å². The van der Waals surface area contributed by atoms with Crippen molar-refractivity contribution in [2.45, 2.75) is 17.9 Å². The lowest BCUT2D eigenvalue weighted by molar-refractivity contribution is 0.595. The lowest BCUT2D eigenvalue weighted by atomic mass is 10.1. The van der Waals surface area contributed by atoms with Gasteiger partial charge in [-0.2, -0.15) is 5.26 Å². The third kappa shape index (κ3) is 2.47. The summed E-state index contributed by atoms with van der Waals surface area (Å²) in [6, 6.07) is 15.7. The van der Waals surface area contributed by atoms with E-state index in [1.165, 1.54) is 0 Å². The van der Waals surface area contributed by atoms with Crippen LogP contribution in [-0.2, 0) is 10.0 Å². The summed E-state index contributed by atoms with van der Waals surface area (Å²) in [6.45, 7) is 1.88. The zero-order chi connectivity index (χ0) is 15.7. The summed E-state index contributed by atoms with van der Waals surface area (Å²) in [5.41, 5.74) is 2.08. The molecule has 6 heteroatoms. The molecule has 2 aromatic rings. The lowest BCUT2D eigenvalue weighted by Gasteiger charge is -2.08. The summed E-state index contributed by atoms with van der Waals surface area (Å²) < 4.78 is 26.6. The van der Waals surface area contributed by atoms with Crippen molar-refractivity contribution in [3.63, 3.8) is 0 Å². The third-order valence-electron chi connectivity index (χ3n) is 3.51. The van der Waals surface area contributed by atoms with Crippen LogP contribution in [0.5, 0.6) is 0 Å². The molecule has 1 N–H and O–H groups in total. The van der Waals surface area contributed by atoms with Gasteiger partial charge in [0.2, 0.25) is 0 Å². The van der Waals surface area contributed by atoms with Crippen LogP contribution in [0.15, 0.2) is 58.4 Å². The number of nitrogens with zero attached hydrogens (tertiary/aromatic N) is 2. The van der Waals surface area contributed by atoms with Crippen LogP contribution < -0.4 is 4.72 Å². The molecule has 0 radical (unpaired) electrons. The second-order valence-electron chi connectivity index (χ2n) is 4.99. The Balaban J connectivity index is 1.97. The van der Waals surface area contributed by atoms with Crippen LogP contribution in [0.3, 0.4) is 0 Å². The minimum atomic E-state index is -3.52. The Hall–Kier alpha value is -2.65. The summed E-state index contributed by atoms with van der Waals surface area (Å²) >= 11 is 0. The molecule has 0 saturated heterocycles.